The minimum Gasteiger partial charge on any atom is -0.320 e. The predicted molar refractivity (Wildman–Crippen MR) is 83.9 cm³/mol. The maximum absolute atomic E-state index is 12.2. The normalized spacial score (nSPS) is 10.2. The van der Waals surface area contributed by atoms with E-state index in [2.05, 4.69) is 5.32 Å². The molecule has 0 aliphatic carbocycles. The van der Waals surface area contributed by atoms with Crippen LogP contribution in [0.5, 0.6) is 0 Å². The average molecular weight is 336 g/mol. The molecule has 0 unspecified atom stereocenters. The lowest BCUT2D eigenvalue weighted by molar-refractivity contribution is -0.385. The minimum atomic E-state index is -0.657. The third kappa shape index (κ3) is 3.61. The van der Waals surface area contributed by atoms with Crippen LogP contribution < -0.4 is 5.32 Å². The van der Waals surface area contributed by atoms with Gasteiger partial charge in [-0.1, -0.05) is 17.7 Å². The Balaban J connectivity index is 2.33. The van der Waals surface area contributed by atoms with Crippen LogP contribution in [-0.4, -0.2) is 15.8 Å². The molecular weight excluding hydrogens is 326 g/mol. The van der Waals surface area contributed by atoms with Crippen LogP contribution in [0.25, 0.3) is 0 Å². The van der Waals surface area contributed by atoms with Crippen molar-refractivity contribution in [3.05, 3.63) is 72.8 Å². The zero-order valence-corrected chi connectivity index (χ0v) is 12.5. The van der Waals surface area contributed by atoms with Crippen molar-refractivity contribution in [3.63, 3.8) is 0 Å². The van der Waals surface area contributed by atoms with Gasteiger partial charge in [0, 0.05) is 29.3 Å². The van der Waals surface area contributed by atoms with Gasteiger partial charge in [-0.25, -0.2) is 0 Å². The summed E-state index contributed by atoms with van der Waals surface area (Å²) >= 11 is 5.89. The summed E-state index contributed by atoms with van der Waals surface area (Å²) in [5.74, 6) is -0.657. The van der Waals surface area contributed by atoms with Gasteiger partial charge >= 0.3 is 0 Å². The van der Waals surface area contributed by atoms with Crippen molar-refractivity contribution in [2.24, 2.45) is 0 Å². The molecular formula is C14H10ClN3O5. The van der Waals surface area contributed by atoms with Crippen LogP contribution in [0.4, 0.5) is 17.1 Å². The smallest absolute Gasteiger partial charge is 0.273 e. The number of anilines is 1. The molecule has 118 valence electrons. The Morgan fingerprint density at radius 3 is 2.39 bits per heavy atom. The topological polar surface area (TPSA) is 115 Å². The fourth-order valence-electron chi connectivity index (χ4n) is 1.86. The van der Waals surface area contributed by atoms with Crippen LogP contribution in [0.2, 0.25) is 5.02 Å². The summed E-state index contributed by atoms with van der Waals surface area (Å²) < 4.78 is 0. The Bertz CT molecular complexity index is 822. The van der Waals surface area contributed by atoms with Crippen LogP contribution in [0.1, 0.15) is 15.9 Å². The molecule has 0 radical (unpaired) electrons. The van der Waals surface area contributed by atoms with E-state index in [1.54, 1.807) is 6.92 Å². The zero-order valence-electron chi connectivity index (χ0n) is 11.8. The summed E-state index contributed by atoms with van der Waals surface area (Å²) in [6.45, 7) is 1.55. The average Bonchev–Trinajstić information content (AvgIpc) is 2.49. The second-order valence-electron chi connectivity index (χ2n) is 4.63. The molecule has 1 amide bonds. The molecule has 2 aromatic rings. The quantitative estimate of drug-likeness (QED) is 0.675. The first-order chi connectivity index (χ1) is 10.8. The summed E-state index contributed by atoms with van der Waals surface area (Å²) in [5.41, 5.74) is 0.0845. The Labute approximate surface area is 135 Å². The van der Waals surface area contributed by atoms with Crippen LogP contribution in [0.3, 0.4) is 0 Å². The van der Waals surface area contributed by atoms with Gasteiger partial charge in [0.2, 0.25) is 0 Å². The first-order valence-corrected chi connectivity index (χ1v) is 6.67. The van der Waals surface area contributed by atoms with Gasteiger partial charge in [-0.05, 0) is 19.1 Å². The standard InChI is InChI=1S/C14H10ClN3O5/c1-8-2-3-9(6-13(8)18(22)23)14(19)16-12-7-10(17(20)21)4-5-11(12)15/h2-7H,1H3,(H,16,19). The highest BCUT2D eigenvalue weighted by molar-refractivity contribution is 6.34. The number of carbonyl (C=O) groups excluding carboxylic acids is 1. The largest absolute Gasteiger partial charge is 0.320 e. The van der Waals surface area contributed by atoms with Gasteiger partial charge in [0.25, 0.3) is 17.3 Å². The molecule has 0 aliphatic heterocycles. The molecule has 0 spiro atoms. The van der Waals surface area contributed by atoms with E-state index in [4.69, 9.17) is 11.6 Å². The number of halogens is 1. The third-order valence-corrected chi connectivity index (χ3v) is 3.41. The van der Waals surface area contributed by atoms with Gasteiger partial charge in [0.1, 0.15) is 0 Å². The number of amides is 1. The van der Waals surface area contributed by atoms with Crippen LogP contribution in [0, 0.1) is 27.2 Å². The molecule has 2 aromatic carbocycles. The van der Waals surface area contributed by atoms with E-state index in [1.807, 2.05) is 0 Å². The predicted octanol–water partition coefficient (Wildman–Crippen LogP) is 3.72. The third-order valence-electron chi connectivity index (χ3n) is 3.08. The van der Waals surface area contributed by atoms with E-state index in [-0.39, 0.29) is 27.6 Å². The fourth-order valence-corrected chi connectivity index (χ4v) is 2.03. The summed E-state index contributed by atoms with van der Waals surface area (Å²) in [6, 6.07) is 7.60. The maximum Gasteiger partial charge on any atom is 0.273 e. The number of benzene rings is 2. The van der Waals surface area contributed by atoms with Gasteiger partial charge < -0.3 is 5.32 Å². The van der Waals surface area contributed by atoms with Crippen molar-refractivity contribution < 1.29 is 14.6 Å². The van der Waals surface area contributed by atoms with Gasteiger partial charge in [0.15, 0.2) is 0 Å². The van der Waals surface area contributed by atoms with Gasteiger partial charge in [-0.15, -0.1) is 0 Å². The first-order valence-electron chi connectivity index (χ1n) is 6.30. The molecule has 9 heteroatoms. The molecule has 0 bridgehead atoms. The first kappa shape index (κ1) is 16.4. The molecule has 23 heavy (non-hydrogen) atoms. The molecule has 1 N–H and O–H groups in total. The lowest BCUT2D eigenvalue weighted by Crippen LogP contribution is -2.13. The van der Waals surface area contributed by atoms with E-state index >= 15 is 0 Å². The van der Waals surface area contributed by atoms with Gasteiger partial charge in [-0.3, -0.25) is 25.0 Å². The Morgan fingerprint density at radius 1 is 1.09 bits per heavy atom. The molecule has 0 atom stereocenters. The lowest BCUT2D eigenvalue weighted by atomic mass is 10.1. The number of rotatable bonds is 4. The number of nitrogens with one attached hydrogen (secondary N) is 1. The highest BCUT2D eigenvalue weighted by atomic mass is 35.5. The molecule has 0 fully saturated rings. The number of non-ortho nitro benzene ring substituents is 1. The Hall–Kier alpha value is -3.00. The minimum absolute atomic E-state index is 0.0462. The lowest BCUT2D eigenvalue weighted by Gasteiger charge is -2.07. The second-order valence-corrected chi connectivity index (χ2v) is 5.04. The van der Waals surface area contributed by atoms with E-state index in [0.29, 0.717) is 5.56 Å². The van der Waals surface area contributed by atoms with E-state index in [0.717, 1.165) is 12.1 Å². The number of carbonyl (C=O) groups is 1. The highest BCUT2D eigenvalue weighted by Gasteiger charge is 2.17. The molecule has 0 aliphatic rings. The summed E-state index contributed by atoms with van der Waals surface area (Å²) in [5, 5.41) is 24.2. The number of nitro groups is 2. The molecule has 0 aromatic heterocycles. The van der Waals surface area contributed by atoms with E-state index in [9.17, 15) is 25.0 Å². The number of hydrogen-bond acceptors (Lipinski definition) is 5. The number of nitro benzene ring substituents is 2. The second kappa shape index (κ2) is 6.41. The van der Waals surface area contributed by atoms with Crippen LogP contribution in [0.15, 0.2) is 36.4 Å². The monoisotopic (exact) mass is 335 g/mol. The number of aryl methyl sites for hydroxylation is 1. The molecule has 0 heterocycles. The summed E-state index contributed by atoms with van der Waals surface area (Å²) in [6.07, 6.45) is 0. The van der Waals surface area contributed by atoms with Crippen molar-refractivity contribution in [1.82, 2.24) is 0 Å². The summed E-state index contributed by atoms with van der Waals surface area (Å²) in [7, 11) is 0. The van der Waals surface area contributed by atoms with Crippen molar-refractivity contribution in [1.29, 1.82) is 0 Å². The zero-order chi connectivity index (χ0) is 17.1. The number of nitrogens with zero attached hydrogens (tertiary/aromatic N) is 2. The van der Waals surface area contributed by atoms with Gasteiger partial charge in [0.05, 0.1) is 20.6 Å². The molecule has 8 nitrogen and oxygen atoms in total. The molecule has 2 rings (SSSR count). The van der Waals surface area contributed by atoms with Crippen molar-refractivity contribution in [2.45, 2.75) is 6.92 Å². The fraction of sp³-hybridized carbons (Fsp3) is 0.0714. The van der Waals surface area contributed by atoms with E-state index in [1.165, 1.54) is 24.3 Å². The molecule has 0 saturated carbocycles. The highest BCUT2D eigenvalue weighted by Crippen LogP contribution is 2.27. The van der Waals surface area contributed by atoms with Crippen molar-refractivity contribution in [3.8, 4) is 0 Å². The van der Waals surface area contributed by atoms with E-state index < -0.39 is 15.8 Å². The van der Waals surface area contributed by atoms with Gasteiger partial charge in [-0.2, -0.15) is 0 Å². The number of hydrogen-bond donors (Lipinski definition) is 1. The van der Waals surface area contributed by atoms with Crippen LogP contribution >= 0.6 is 11.6 Å². The van der Waals surface area contributed by atoms with Crippen molar-refractivity contribution >= 4 is 34.6 Å². The van der Waals surface area contributed by atoms with Crippen LogP contribution in [-0.2, 0) is 0 Å². The Kier molecular flexibility index (Phi) is 4.56. The summed E-state index contributed by atoms with van der Waals surface area (Å²) in [4.78, 5) is 32.6. The SMILES string of the molecule is Cc1ccc(C(=O)Nc2cc([N+](=O)[O-])ccc2Cl)cc1[N+](=O)[O-]. The Morgan fingerprint density at radius 2 is 1.78 bits per heavy atom. The molecule has 0 saturated heterocycles. The van der Waals surface area contributed by atoms with Crippen molar-refractivity contribution in [2.75, 3.05) is 5.32 Å². The maximum atomic E-state index is 12.2.